The van der Waals surface area contributed by atoms with E-state index in [1.807, 2.05) is 97.8 Å². The highest BCUT2D eigenvalue weighted by Crippen LogP contribution is 2.51. The van der Waals surface area contributed by atoms with Crippen molar-refractivity contribution in [1.29, 1.82) is 0 Å². The van der Waals surface area contributed by atoms with Gasteiger partial charge in [0, 0.05) is 119 Å². The maximum Gasteiger partial charge on any atom is 0.354 e. The number of fused-ring (bicyclic) bond motifs is 6. The molecular weight excluding hydrogens is 1690 g/mol. The smallest absolute Gasteiger partial charge is 0.354 e. The zero-order valence-electron chi connectivity index (χ0n) is 74.6. The number of anilines is 5. The van der Waals surface area contributed by atoms with E-state index >= 15 is 26.3 Å². The Morgan fingerprint density at radius 1 is 0.458 bits per heavy atom. The van der Waals surface area contributed by atoms with E-state index in [0.717, 1.165) is 34.9 Å². The van der Waals surface area contributed by atoms with E-state index in [1.165, 1.54) is 86.5 Å². The Morgan fingerprint density at radius 2 is 0.809 bits per heavy atom. The molecule has 33 heteroatoms. The highest BCUT2D eigenvalue weighted by Gasteiger charge is 2.45. The molecule has 3 saturated heterocycles. The number of aromatic hydroxyl groups is 3. The molecule has 6 aromatic carbocycles. The topological polar surface area (TPSA) is 299 Å². The number of phenols is 3. The number of likely N-dealkylation sites (N-methyl/N-ethyl adjacent to an activating group) is 1. The Labute approximate surface area is 750 Å². The number of benzene rings is 6. The third kappa shape index (κ3) is 15.5. The van der Waals surface area contributed by atoms with Crippen molar-refractivity contribution >= 4 is 79.3 Å². The molecule has 0 aliphatic carbocycles. The van der Waals surface area contributed by atoms with Crippen molar-refractivity contribution in [3.8, 4) is 73.4 Å². The molecule has 131 heavy (non-hydrogen) atoms. The van der Waals surface area contributed by atoms with Gasteiger partial charge in [-0.05, 0) is 167 Å². The molecule has 6 unspecified atom stereocenters. The van der Waals surface area contributed by atoms with Gasteiger partial charge >= 0.3 is 17.1 Å². The summed E-state index contributed by atoms with van der Waals surface area (Å²) < 4.78 is 106. The minimum absolute atomic E-state index is 0.0303. The van der Waals surface area contributed by atoms with Gasteiger partial charge in [-0.1, -0.05) is 79.5 Å². The Hall–Kier alpha value is -14.4. The monoisotopic (exact) mass is 1790 g/mol. The first kappa shape index (κ1) is 90.0. The van der Waals surface area contributed by atoms with Crippen LogP contribution in [0.5, 0.6) is 23.0 Å². The molecule has 3 amide bonds. The van der Waals surface area contributed by atoms with E-state index in [-0.39, 0.29) is 170 Å². The summed E-state index contributed by atoms with van der Waals surface area (Å²) in [6, 6.07) is 19.1. The molecule has 0 radical (unpaired) electrons. The van der Waals surface area contributed by atoms with Crippen molar-refractivity contribution in [3.63, 3.8) is 0 Å². The normalized spacial score (nSPS) is 18.0. The van der Waals surface area contributed by atoms with Crippen molar-refractivity contribution in [1.82, 2.24) is 58.3 Å². The van der Waals surface area contributed by atoms with Crippen LogP contribution >= 0.6 is 0 Å². The number of aryl methyl sites for hydroxylation is 3. The van der Waals surface area contributed by atoms with Crippen molar-refractivity contribution in [2.24, 2.45) is 0 Å². The van der Waals surface area contributed by atoms with Crippen LogP contribution in [0.1, 0.15) is 120 Å². The van der Waals surface area contributed by atoms with E-state index in [4.69, 9.17) is 4.74 Å². The minimum Gasteiger partial charge on any atom is -0.507 e. The fraction of sp³-hybridized carbons (Fsp3) is 0.327. The van der Waals surface area contributed by atoms with Crippen LogP contribution in [0.2, 0.25) is 0 Å². The summed E-state index contributed by atoms with van der Waals surface area (Å²) in [6.07, 6.45) is 9.21. The Kier molecular flexibility index (Phi) is 24.2. The number of hydrogen-bond donors (Lipinski definition) is 4. The number of halogens is 6. The molecule has 18 rings (SSSR count). The van der Waals surface area contributed by atoms with Crippen molar-refractivity contribution in [3.05, 3.63) is 248 Å². The molecule has 0 saturated carbocycles. The number of rotatable bonds is 12. The summed E-state index contributed by atoms with van der Waals surface area (Å²) in [4.78, 5) is 121. The molecule has 3 fully saturated rings. The molecule has 12 aromatic rings. The third-order valence-electron chi connectivity index (χ3n) is 25.6. The first-order valence-corrected chi connectivity index (χ1v) is 43.4. The molecule has 0 bridgehead atoms. The number of carbonyl (C=O) groups is 3. The number of nitrogens with zero attached hydrogens (tertiary/aromatic N) is 16. The number of aromatic nitrogens is 9. The molecule has 6 atom stereocenters. The van der Waals surface area contributed by atoms with Gasteiger partial charge in [-0.2, -0.15) is 15.0 Å². The number of piperazine rings is 3. The number of nitrogens with one attached hydrogen (secondary N) is 1. The summed E-state index contributed by atoms with van der Waals surface area (Å²) in [5, 5.41) is 36.2. The molecule has 12 heterocycles. The fourth-order valence-corrected chi connectivity index (χ4v) is 19.3. The molecule has 6 aliphatic rings. The lowest BCUT2D eigenvalue weighted by Gasteiger charge is -2.46. The lowest BCUT2D eigenvalue weighted by molar-refractivity contribution is -0.129. The molecular formula is C98H99F6N17O10. The molecule has 678 valence electrons. The fourth-order valence-electron chi connectivity index (χ4n) is 19.3. The number of hydrogen-bond acceptors (Lipinski definition) is 21. The van der Waals surface area contributed by atoms with Crippen LogP contribution in [-0.4, -0.2) is 194 Å². The number of pyridine rings is 3. The van der Waals surface area contributed by atoms with E-state index in [2.05, 4.69) is 55.0 Å². The Balaban J connectivity index is 0.000000144. The predicted octanol–water partition coefficient (Wildman–Crippen LogP) is 15.0. The Bertz CT molecular complexity index is 6890. The number of phenolic OH excluding ortho intramolecular Hbond substituents is 3. The number of carbonyl (C=O) groups excluding carboxylic acids is 3. The van der Waals surface area contributed by atoms with Crippen LogP contribution in [-0.2, 0) is 14.4 Å². The quantitative estimate of drug-likeness (QED) is 0.0652. The van der Waals surface area contributed by atoms with Crippen LogP contribution in [0, 0.1) is 55.7 Å². The van der Waals surface area contributed by atoms with E-state index in [9.17, 15) is 44.1 Å². The molecule has 4 N–H and O–H groups in total. The standard InChI is InChI=1S/C33H34F2N6O3.C33H33F2N5O4.C32H32F2N6O3/c1-7-25(43)39-16-20-15-38(6)31-27-23(13-21(28(31)35)26-22(34)9-8-10-24(26)42)41(30-18(4)11-12-36-29(30)17(2)3)33(44)37-32(27)40(20)14-19(39)5;1-6-25(42)38-16-20-11-13-44-31-27-23(14-21(28(31)35)26-22(34)8-7-9-24(26)41)40(30-18(4)10-12-36-29(30)17(2)3)33(43)37-32(27)39(20)15-19(38)5;1-6-24(42)38-15-19-13-36-29-26-22(12-20(27(29)34)25-21(33)8-7-9-23(25)41)40(30-17(4)10-11-35-28(30)16(2)3)32(43)37-31(26)39(19)14-18(38)5/h7-13,17,19-20,42H,1,14-16H2,2-6H3;6-10,12,14,17,19-20,41H,1,11,13,15-16H2,2-5H3;6-12,16,18-19,36,41H,1,13-15H2,2-5H3. The second-order valence-corrected chi connectivity index (χ2v) is 35.0. The zero-order chi connectivity index (χ0) is 93.8. The molecule has 6 aromatic heterocycles. The van der Waals surface area contributed by atoms with Crippen LogP contribution in [0.4, 0.5) is 55.2 Å². The molecule has 6 aliphatic heterocycles. The molecule has 0 spiro atoms. The van der Waals surface area contributed by atoms with Crippen molar-refractivity contribution in [2.75, 3.05) is 90.9 Å². The van der Waals surface area contributed by atoms with Crippen molar-refractivity contribution < 1.29 is 60.8 Å². The summed E-state index contributed by atoms with van der Waals surface area (Å²) >= 11 is 0. The Morgan fingerprint density at radius 3 is 1.21 bits per heavy atom. The SMILES string of the molecule is C=CC(=O)N1CC2CCOc3c(F)c(-c4c(O)cccc4F)cc4c3c(nc(=O)n4-c3c(C)ccnc3C(C)C)N2CC1C.C=CC(=O)N1CC2CN(C)c3c(F)c(-c4c(O)cccc4F)cc4c3c(nc(=O)n4-c3c(C)ccnc3C(C)C)N2CC1C.C=CC(=O)N1CC2CNc3c(F)c(-c4c(O)cccc4F)cc4c3c(nc(=O)n4-c3c(C)ccnc3C(C)C)N2CC1C. The van der Waals surface area contributed by atoms with Gasteiger partial charge < -0.3 is 59.7 Å². The minimum atomic E-state index is -0.884. The second kappa shape index (κ2) is 35.2. The van der Waals surface area contributed by atoms with Gasteiger partial charge in [0.15, 0.2) is 23.2 Å². The van der Waals surface area contributed by atoms with Gasteiger partial charge in [-0.15, -0.1) is 0 Å². The molecule has 27 nitrogen and oxygen atoms in total. The van der Waals surface area contributed by atoms with E-state index < -0.39 is 69.2 Å². The number of amides is 3. The van der Waals surface area contributed by atoms with Gasteiger partial charge in [0.2, 0.25) is 17.7 Å². The maximum absolute atomic E-state index is 16.9. The second-order valence-electron chi connectivity index (χ2n) is 35.0. The highest BCUT2D eigenvalue weighted by molar-refractivity contribution is 6.08. The van der Waals surface area contributed by atoms with Crippen LogP contribution < -0.4 is 46.7 Å². The first-order chi connectivity index (χ1) is 62.5. The van der Waals surface area contributed by atoms with Gasteiger partial charge in [0.25, 0.3) is 0 Å². The number of ether oxygens (including phenoxy) is 1. The van der Waals surface area contributed by atoms with Crippen molar-refractivity contribution in [2.45, 2.75) is 144 Å². The van der Waals surface area contributed by atoms with Gasteiger partial charge in [0.05, 0.1) is 120 Å². The highest BCUT2D eigenvalue weighted by atomic mass is 19.1. The summed E-state index contributed by atoms with van der Waals surface area (Å²) in [5.74, 6) is -6.49. The average Bonchev–Trinajstić information content (AvgIpc) is 1.67. The maximum atomic E-state index is 16.9. The predicted molar refractivity (Wildman–Crippen MR) is 492 cm³/mol. The zero-order valence-corrected chi connectivity index (χ0v) is 74.6. The largest absolute Gasteiger partial charge is 0.507 e. The van der Waals surface area contributed by atoms with Gasteiger partial charge in [-0.3, -0.25) is 43.0 Å². The lowest BCUT2D eigenvalue weighted by atomic mass is 9.97. The first-order valence-electron chi connectivity index (χ1n) is 43.4. The summed E-state index contributed by atoms with van der Waals surface area (Å²) in [7, 11) is 1.72. The summed E-state index contributed by atoms with van der Waals surface area (Å²) in [6.45, 7) is 36.4. The van der Waals surface area contributed by atoms with Gasteiger partial charge in [-0.25, -0.2) is 40.7 Å². The lowest BCUT2D eigenvalue weighted by Crippen LogP contribution is -2.61. The third-order valence-corrected chi connectivity index (χ3v) is 25.6. The van der Waals surface area contributed by atoms with Crippen LogP contribution in [0.25, 0.3) is 83.2 Å². The van der Waals surface area contributed by atoms with Crippen LogP contribution in [0.15, 0.2) is 162 Å². The van der Waals surface area contributed by atoms with E-state index in [0.29, 0.717) is 102 Å². The summed E-state index contributed by atoms with van der Waals surface area (Å²) in [5.41, 5.74) is 3.17. The van der Waals surface area contributed by atoms with Crippen LogP contribution in [0.3, 0.4) is 0 Å². The average molecular weight is 1790 g/mol. The van der Waals surface area contributed by atoms with Gasteiger partial charge in [0.1, 0.15) is 52.2 Å². The van der Waals surface area contributed by atoms with E-state index in [1.54, 1.807) is 63.4 Å².